The molecule has 5 atom stereocenters. The van der Waals surface area contributed by atoms with E-state index in [0.29, 0.717) is 55.9 Å². The number of aromatic nitrogens is 1. The van der Waals surface area contributed by atoms with E-state index in [0.717, 1.165) is 65.4 Å². The Morgan fingerprint density at radius 2 is 1.81 bits per heavy atom. The Balaban J connectivity index is 1.20. The number of benzene rings is 2. The van der Waals surface area contributed by atoms with Gasteiger partial charge in [0.15, 0.2) is 5.78 Å². The number of halogens is 5. The van der Waals surface area contributed by atoms with Gasteiger partial charge in [0.2, 0.25) is 0 Å². The summed E-state index contributed by atoms with van der Waals surface area (Å²) >= 11 is 0. The molecule has 0 bridgehead atoms. The third-order valence-electron chi connectivity index (χ3n) is 12.4. The van der Waals surface area contributed by atoms with Crippen molar-refractivity contribution >= 4 is 34.2 Å². The van der Waals surface area contributed by atoms with Gasteiger partial charge >= 0.3 is 6.18 Å². The smallest absolute Gasteiger partial charge is 0.398 e. The van der Waals surface area contributed by atoms with Gasteiger partial charge in [0, 0.05) is 29.0 Å². The number of nitrogens with two attached hydrogens (primary N) is 1. The number of nitrogens with zero attached hydrogens (tertiary/aromatic N) is 1. The minimum atomic E-state index is -4.97. The summed E-state index contributed by atoms with van der Waals surface area (Å²) in [4.78, 5) is 32.1. The van der Waals surface area contributed by atoms with E-state index in [2.05, 4.69) is 36.4 Å². The largest absolute Gasteiger partial charge is 0.418 e. The molecule has 2 N–H and O–H groups in total. The summed E-state index contributed by atoms with van der Waals surface area (Å²) in [5, 5.41) is 0.937. The van der Waals surface area contributed by atoms with Crippen LogP contribution in [-0.2, 0) is 28.1 Å². The molecule has 0 aliphatic heterocycles. The lowest BCUT2D eigenvalue weighted by Crippen LogP contribution is -2.24. The lowest BCUT2D eigenvalue weighted by molar-refractivity contribution is -0.137. The number of fused-ring (bicyclic) bond motifs is 1. The average Bonchev–Trinajstić information content (AvgIpc) is 3.65. The zero-order chi connectivity index (χ0) is 40.9. The highest BCUT2D eigenvalue weighted by atomic mass is 19.4. The van der Waals surface area contributed by atoms with Crippen molar-refractivity contribution in [3.8, 4) is 0 Å². The van der Waals surface area contributed by atoms with E-state index in [1.165, 1.54) is 12.8 Å². The maximum Gasteiger partial charge on any atom is 0.418 e. The summed E-state index contributed by atoms with van der Waals surface area (Å²) in [7, 11) is 0. The highest BCUT2D eigenvalue weighted by Gasteiger charge is 2.40. The van der Waals surface area contributed by atoms with Gasteiger partial charge in [0.1, 0.15) is 5.78 Å². The van der Waals surface area contributed by atoms with Crippen LogP contribution in [-0.4, -0.2) is 16.6 Å². The van der Waals surface area contributed by atoms with E-state index in [4.69, 9.17) is 5.73 Å². The Bertz CT molecular complexity index is 2090. The third kappa shape index (κ3) is 9.73. The van der Waals surface area contributed by atoms with Gasteiger partial charge < -0.3 is 5.73 Å². The second-order valence-electron chi connectivity index (χ2n) is 16.3. The predicted octanol–water partition coefficient (Wildman–Crippen LogP) is 12.8. The molecule has 9 heteroatoms. The van der Waals surface area contributed by atoms with E-state index in [1.54, 1.807) is 19.2 Å². The fourth-order valence-corrected chi connectivity index (χ4v) is 9.47. The predicted molar refractivity (Wildman–Crippen MR) is 219 cm³/mol. The molecule has 1 heterocycles. The van der Waals surface area contributed by atoms with E-state index < -0.39 is 34.8 Å². The Morgan fingerprint density at radius 3 is 2.47 bits per heavy atom. The highest BCUT2D eigenvalue weighted by molar-refractivity contribution is 5.97. The van der Waals surface area contributed by atoms with Crippen molar-refractivity contribution < 1.29 is 31.5 Å². The first-order chi connectivity index (χ1) is 27.2. The van der Waals surface area contributed by atoms with Gasteiger partial charge in [-0.15, -0.1) is 0 Å². The van der Waals surface area contributed by atoms with Crippen molar-refractivity contribution in [2.75, 3.05) is 5.73 Å². The fourth-order valence-electron chi connectivity index (χ4n) is 9.47. The third-order valence-corrected chi connectivity index (χ3v) is 12.4. The van der Waals surface area contributed by atoms with Crippen molar-refractivity contribution in [3.05, 3.63) is 125 Å². The minimum absolute atomic E-state index is 0.0153. The molecule has 2 aromatic carbocycles. The first-order valence-electron chi connectivity index (χ1n) is 20.3. The van der Waals surface area contributed by atoms with Crippen LogP contribution in [0.4, 0.5) is 27.6 Å². The summed E-state index contributed by atoms with van der Waals surface area (Å²) in [5.74, 6) is -3.98. The van der Waals surface area contributed by atoms with E-state index >= 15 is 0 Å². The number of carbonyl (C=O) groups excluding carboxylic acids is 2. The van der Waals surface area contributed by atoms with Gasteiger partial charge in [-0.05, 0) is 155 Å². The Kier molecular flexibility index (Phi) is 13.2. The van der Waals surface area contributed by atoms with Gasteiger partial charge in [-0.25, -0.2) is 0 Å². The second-order valence-corrected chi connectivity index (χ2v) is 16.3. The molecular weight excluding hydrogens is 732 g/mol. The van der Waals surface area contributed by atoms with Crippen LogP contribution in [0.1, 0.15) is 118 Å². The molecule has 0 saturated carbocycles. The molecular formula is C48H53F5N2O2. The van der Waals surface area contributed by atoms with E-state index in [1.807, 2.05) is 30.3 Å². The molecule has 4 nitrogen and oxygen atoms in total. The zero-order valence-corrected chi connectivity index (χ0v) is 32.7. The van der Waals surface area contributed by atoms with E-state index in [-0.39, 0.29) is 41.5 Å². The molecule has 0 radical (unpaired) electrons. The van der Waals surface area contributed by atoms with Gasteiger partial charge in [-0.1, -0.05) is 67.3 Å². The summed E-state index contributed by atoms with van der Waals surface area (Å²) in [6.07, 6.45) is 17.1. The lowest BCUT2D eigenvalue weighted by atomic mass is 9.77. The zero-order valence-electron chi connectivity index (χ0n) is 32.7. The summed E-state index contributed by atoms with van der Waals surface area (Å²) in [6.45, 7) is 8.77. The molecule has 0 saturated heterocycles. The number of allylic oxidation sites excluding steroid dienone is 7. The number of anilines is 1. The number of ketones is 2. The van der Waals surface area contributed by atoms with Crippen LogP contribution in [0.25, 0.3) is 17.0 Å². The number of nitrogen functional groups attached to an aromatic ring is 1. The van der Waals surface area contributed by atoms with Gasteiger partial charge in [-0.3, -0.25) is 14.6 Å². The van der Waals surface area contributed by atoms with Crippen molar-refractivity contribution in [1.82, 2.24) is 4.98 Å². The van der Waals surface area contributed by atoms with Gasteiger partial charge in [0.05, 0.1) is 16.8 Å². The van der Waals surface area contributed by atoms with Crippen LogP contribution in [0.5, 0.6) is 0 Å². The maximum atomic E-state index is 14.9. The second kappa shape index (κ2) is 17.9. The van der Waals surface area contributed by atoms with Crippen LogP contribution in [0.2, 0.25) is 0 Å². The van der Waals surface area contributed by atoms with Crippen molar-refractivity contribution in [2.24, 2.45) is 23.7 Å². The number of pyridine rings is 1. The molecule has 57 heavy (non-hydrogen) atoms. The van der Waals surface area contributed by atoms with Crippen molar-refractivity contribution in [1.29, 1.82) is 0 Å². The molecule has 3 aromatic rings. The summed E-state index contributed by atoms with van der Waals surface area (Å²) in [5.41, 5.74) is 6.73. The molecule has 0 amide bonds. The first-order valence-corrected chi connectivity index (χ1v) is 20.3. The Hall–Kier alpha value is -4.66. The number of alkyl halides is 5. The normalized spacial score (nSPS) is 21.1. The van der Waals surface area contributed by atoms with Crippen molar-refractivity contribution in [3.63, 3.8) is 0 Å². The number of Topliss-reactive ketones (excluding diaryl/α,β-unsaturated/α-hetero) is 2. The standard InChI is InChI=1S/C48H53F5N2O2/c1-4-38-39-16-9-10-17-43(39)55-29-40(38)44(30(3)56)36-23-20-32(25-36)14-11-15-37(46(57)35-21-18-33(19-22-35)24-31-12-7-6-8-13-31)26-34-27-41(47(49,50)5-2)45(54)42(28-34)48(51,52)53/h4-5,7,9-10,12,16-17,20-21,27-29,31,33,36-37,44H,1-2,6,8,11,13-15,18-19,22-26,54H2,3H3/t31?,33?,36?,37-,44?/m1/s1. The number of hydrogen-bond donors (Lipinski definition) is 1. The maximum absolute atomic E-state index is 14.9. The molecule has 6 rings (SSSR count). The van der Waals surface area contributed by atoms with Crippen molar-refractivity contribution in [2.45, 2.75) is 108 Å². The number of carbonyl (C=O) groups is 2. The SMILES string of the molecule is C=Cc1c(C(C(C)=O)C2CC=C(CCC[C@H](Cc3cc(C(F)(F)F)c(N)c(C(F)(F)C=C)c3)C(=O)C3=CCC(CC4C=CCCC4)CC3)C2)cnc2ccccc12. The monoisotopic (exact) mass is 784 g/mol. The average molecular weight is 785 g/mol. The quantitative estimate of drug-likeness (QED) is 0.0892. The molecule has 1 aromatic heterocycles. The van der Waals surface area contributed by atoms with Crippen LogP contribution < -0.4 is 5.73 Å². The Morgan fingerprint density at radius 1 is 1.04 bits per heavy atom. The van der Waals surface area contributed by atoms with Crippen LogP contribution >= 0.6 is 0 Å². The van der Waals surface area contributed by atoms with Crippen LogP contribution in [0.3, 0.4) is 0 Å². The first kappa shape index (κ1) is 42.0. The van der Waals surface area contributed by atoms with Gasteiger partial charge in [0.25, 0.3) is 5.92 Å². The summed E-state index contributed by atoms with van der Waals surface area (Å²) in [6, 6.07) is 9.58. The number of rotatable bonds is 16. The number of para-hydroxylation sites is 1. The molecule has 0 spiro atoms. The molecule has 3 aliphatic carbocycles. The molecule has 4 unspecified atom stereocenters. The molecule has 3 aliphatic rings. The molecule has 0 fully saturated rings. The summed E-state index contributed by atoms with van der Waals surface area (Å²) < 4.78 is 72.4. The fraction of sp³-hybridized carbons (Fsp3) is 0.438. The van der Waals surface area contributed by atoms with Crippen LogP contribution in [0, 0.1) is 23.7 Å². The Labute approximate surface area is 332 Å². The molecule has 302 valence electrons. The minimum Gasteiger partial charge on any atom is -0.398 e. The topological polar surface area (TPSA) is 73.1 Å². The van der Waals surface area contributed by atoms with Gasteiger partial charge in [-0.2, -0.15) is 22.0 Å². The number of hydrogen-bond acceptors (Lipinski definition) is 4. The lowest BCUT2D eigenvalue weighted by Gasteiger charge is -2.27. The van der Waals surface area contributed by atoms with Crippen LogP contribution in [0.15, 0.2) is 97.3 Å². The van der Waals surface area contributed by atoms with E-state index in [9.17, 15) is 31.5 Å². The highest BCUT2D eigenvalue weighted by Crippen LogP contribution is 2.44.